The van der Waals surface area contributed by atoms with Gasteiger partial charge >= 0.3 is 12.1 Å². The highest BCUT2D eigenvalue weighted by Gasteiger charge is 2.34. The highest BCUT2D eigenvalue weighted by molar-refractivity contribution is 5.79. The average molecular weight is 280 g/mol. The van der Waals surface area contributed by atoms with E-state index in [0.717, 1.165) is 13.2 Å². The van der Waals surface area contributed by atoms with E-state index in [0.29, 0.717) is 12.1 Å². The number of esters is 1. The van der Waals surface area contributed by atoms with Crippen molar-refractivity contribution in [1.82, 2.24) is 0 Å². The van der Waals surface area contributed by atoms with Gasteiger partial charge in [-0.05, 0) is 18.2 Å². The predicted molar refractivity (Wildman–Crippen MR) is 59.9 cm³/mol. The Bertz CT molecular complexity index is 462. The Hall–Kier alpha value is -1.83. The molecule has 1 aromatic carbocycles. The molecule has 0 heterocycles. The fraction of sp³-hybridized carbons (Fsp3) is 0.364. The van der Waals surface area contributed by atoms with Gasteiger partial charge in [-0.3, -0.25) is 0 Å². The second-order valence-corrected chi connectivity index (χ2v) is 3.65. The second-order valence-electron chi connectivity index (χ2n) is 3.65. The summed E-state index contributed by atoms with van der Waals surface area (Å²) >= 11 is 0. The van der Waals surface area contributed by atoms with E-state index < -0.39 is 29.6 Å². The third kappa shape index (κ3) is 3.82. The van der Waals surface area contributed by atoms with Crippen LogP contribution in [0, 0.1) is 5.82 Å². The lowest BCUT2D eigenvalue weighted by Gasteiger charge is -2.17. The molecule has 0 aliphatic heterocycles. The third-order valence-electron chi connectivity index (χ3n) is 2.33. The number of carbonyl (C=O) groups excluding carboxylic acids is 1. The monoisotopic (exact) mass is 280 g/mol. The average Bonchev–Trinajstić information content (AvgIpc) is 2.35. The number of hydrogen-bond donors (Lipinski definition) is 2. The molecule has 0 aromatic heterocycles. The van der Waals surface area contributed by atoms with Gasteiger partial charge in [-0.25, -0.2) is 9.18 Å². The van der Waals surface area contributed by atoms with Crippen LogP contribution in [0.4, 0.5) is 23.2 Å². The molecule has 8 heteroatoms. The van der Waals surface area contributed by atoms with Crippen LogP contribution in [0.25, 0.3) is 0 Å². The number of carbonyl (C=O) groups is 1. The van der Waals surface area contributed by atoms with Gasteiger partial charge in [0.2, 0.25) is 0 Å². The molecule has 0 radical (unpaired) electrons. The van der Waals surface area contributed by atoms with Crippen molar-refractivity contribution in [3.63, 3.8) is 0 Å². The van der Waals surface area contributed by atoms with Crippen molar-refractivity contribution in [2.45, 2.75) is 12.2 Å². The Balaban J connectivity index is 3.00. The minimum atomic E-state index is -4.81. The second kappa shape index (κ2) is 5.87. The van der Waals surface area contributed by atoms with Crippen LogP contribution in [0.15, 0.2) is 18.2 Å². The number of halogens is 4. The van der Waals surface area contributed by atoms with Gasteiger partial charge in [0, 0.05) is 12.2 Å². The summed E-state index contributed by atoms with van der Waals surface area (Å²) in [7, 11) is 1.12. The largest absolute Gasteiger partial charge is 0.467 e. The molecule has 0 bridgehead atoms. The van der Waals surface area contributed by atoms with Crippen molar-refractivity contribution in [1.29, 1.82) is 0 Å². The van der Waals surface area contributed by atoms with E-state index in [2.05, 4.69) is 10.1 Å². The van der Waals surface area contributed by atoms with Gasteiger partial charge in [0.05, 0.1) is 12.7 Å². The first-order valence-corrected chi connectivity index (χ1v) is 5.20. The molecule has 106 valence electrons. The molecule has 0 fully saturated rings. The quantitative estimate of drug-likeness (QED) is 0.651. The van der Waals surface area contributed by atoms with Crippen molar-refractivity contribution in [3.8, 4) is 0 Å². The zero-order valence-electron chi connectivity index (χ0n) is 9.92. The lowest BCUT2D eigenvalue weighted by atomic mass is 10.1. The van der Waals surface area contributed by atoms with Crippen LogP contribution in [0.5, 0.6) is 0 Å². The van der Waals surface area contributed by atoms with E-state index in [1.54, 1.807) is 0 Å². The topological polar surface area (TPSA) is 64.3 Å². The van der Waals surface area contributed by atoms with Gasteiger partial charge in [-0.15, -0.1) is 0 Å². The number of nitrogens with one attached hydrogen (secondary N) is 1. The number of anilines is 1. The Labute approximate surface area is 106 Å². The highest BCUT2D eigenvalue weighted by atomic mass is 19.4. The molecular formula is C11H12F4N2O2. The molecule has 1 unspecified atom stereocenters. The van der Waals surface area contributed by atoms with Crippen LogP contribution in [0.1, 0.15) is 5.56 Å². The zero-order valence-corrected chi connectivity index (χ0v) is 9.92. The van der Waals surface area contributed by atoms with Crippen LogP contribution in [0.2, 0.25) is 0 Å². The van der Waals surface area contributed by atoms with E-state index in [-0.39, 0.29) is 12.2 Å². The van der Waals surface area contributed by atoms with Crippen LogP contribution < -0.4 is 11.1 Å². The number of hydrogen-bond acceptors (Lipinski definition) is 4. The fourth-order valence-corrected chi connectivity index (χ4v) is 1.39. The van der Waals surface area contributed by atoms with E-state index in [1.165, 1.54) is 0 Å². The minimum Gasteiger partial charge on any atom is -0.467 e. The van der Waals surface area contributed by atoms with Crippen LogP contribution >= 0.6 is 0 Å². The number of methoxy groups -OCH3 is 1. The Morgan fingerprint density at radius 2 is 2.11 bits per heavy atom. The molecule has 0 aliphatic rings. The summed E-state index contributed by atoms with van der Waals surface area (Å²) in [5, 5.41) is 2.45. The molecule has 19 heavy (non-hydrogen) atoms. The van der Waals surface area contributed by atoms with E-state index in [1.807, 2.05) is 0 Å². The Kier molecular flexibility index (Phi) is 4.71. The van der Waals surface area contributed by atoms with E-state index in [9.17, 15) is 22.4 Å². The standard InChI is InChI=1S/C11H12F4N2O2/c1-19-10(18)9(5-16)17-6-2-3-8(12)7(4-6)11(13,14)15/h2-4,9,17H,5,16H2,1H3. The molecule has 0 saturated carbocycles. The molecular weight excluding hydrogens is 268 g/mol. The fourth-order valence-electron chi connectivity index (χ4n) is 1.39. The van der Waals surface area contributed by atoms with E-state index in [4.69, 9.17) is 5.73 Å². The van der Waals surface area contributed by atoms with Gasteiger partial charge < -0.3 is 15.8 Å². The van der Waals surface area contributed by atoms with Gasteiger partial charge in [0.1, 0.15) is 11.9 Å². The summed E-state index contributed by atoms with van der Waals surface area (Å²) in [6.45, 7) is -0.175. The molecule has 0 spiro atoms. The Morgan fingerprint density at radius 1 is 1.47 bits per heavy atom. The van der Waals surface area contributed by atoms with Crippen molar-refractivity contribution < 1.29 is 27.1 Å². The summed E-state index contributed by atoms with van der Waals surface area (Å²) in [6, 6.07) is 1.31. The van der Waals surface area contributed by atoms with E-state index >= 15 is 0 Å². The number of ether oxygens (including phenoxy) is 1. The summed E-state index contributed by atoms with van der Waals surface area (Å²) in [5.41, 5.74) is 3.80. The van der Waals surface area contributed by atoms with Crippen molar-refractivity contribution >= 4 is 11.7 Å². The van der Waals surface area contributed by atoms with Gasteiger partial charge in [0.25, 0.3) is 0 Å². The molecule has 0 amide bonds. The Morgan fingerprint density at radius 3 is 2.58 bits per heavy atom. The first-order chi connectivity index (χ1) is 8.79. The SMILES string of the molecule is COC(=O)C(CN)Nc1ccc(F)c(C(F)(F)F)c1. The molecule has 1 rings (SSSR count). The number of rotatable bonds is 4. The summed E-state index contributed by atoms with van der Waals surface area (Å²) in [6.07, 6.45) is -4.81. The molecule has 3 N–H and O–H groups in total. The number of nitrogens with two attached hydrogens (primary N) is 1. The highest BCUT2D eigenvalue weighted by Crippen LogP contribution is 2.33. The van der Waals surface area contributed by atoms with Crippen molar-refractivity contribution in [2.75, 3.05) is 19.0 Å². The number of benzene rings is 1. The normalized spacial score (nSPS) is 12.9. The van der Waals surface area contributed by atoms with Crippen LogP contribution in [0.3, 0.4) is 0 Å². The van der Waals surface area contributed by atoms with Crippen LogP contribution in [-0.4, -0.2) is 25.7 Å². The summed E-state index contributed by atoms with van der Waals surface area (Å²) in [4.78, 5) is 11.2. The molecule has 4 nitrogen and oxygen atoms in total. The molecule has 0 saturated heterocycles. The maximum absolute atomic E-state index is 13.0. The molecule has 1 aromatic rings. The molecule has 0 aliphatic carbocycles. The van der Waals surface area contributed by atoms with Gasteiger partial charge in [-0.1, -0.05) is 0 Å². The molecule has 1 atom stereocenters. The summed E-state index contributed by atoms with van der Waals surface area (Å²) in [5.74, 6) is -2.11. The first kappa shape index (κ1) is 15.2. The van der Waals surface area contributed by atoms with Crippen molar-refractivity contribution in [3.05, 3.63) is 29.6 Å². The minimum absolute atomic E-state index is 0.0745. The first-order valence-electron chi connectivity index (χ1n) is 5.20. The third-order valence-corrected chi connectivity index (χ3v) is 2.33. The smallest absolute Gasteiger partial charge is 0.419 e. The van der Waals surface area contributed by atoms with Gasteiger partial charge in [-0.2, -0.15) is 13.2 Å². The maximum atomic E-state index is 13.0. The predicted octanol–water partition coefficient (Wildman–Crippen LogP) is 1.76. The zero-order chi connectivity index (χ0) is 14.6. The lowest BCUT2D eigenvalue weighted by Crippen LogP contribution is -2.37. The lowest BCUT2D eigenvalue weighted by molar-refractivity contribution is -0.141. The van der Waals surface area contributed by atoms with Gasteiger partial charge in [0.15, 0.2) is 0 Å². The van der Waals surface area contributed by atoms with Crippen molar-refractivity contribution in [2.24, 2.45) is 5.73 Å². The number of alkyl halides is 3. The summed E-state index contributed by atoms with van der Waals surface area (Å²) < 4.78 is 54.9. The van der Waals surface area contributed by atoms with Crippen LogP contribution in [-0.2, 0) is 15.7 Å². The maximum Gasteiger partial charge on any atom is 0.419 e.